The number of hydrogen-bond donors (Lipinski definition) is 2. The summed E-state index contributed by atoms with van der Waals surface area (Å²) in [5.41, 5.74) is 1.27. The van der Waals surface area contributed by atoms with E-state index in [-0.39, 0.29) is 23.6 Å². The molecular formula is C20H20Cl2N2O2. The number of hydrogen-bond acceptors (Lipinski definition) is 4. The second-order valence-electron chi connectivity index (χ2n) is 6.38. The van der Waals surface area contributed by atoms with Gasteiger partial charge in [0.2, 0.25) is 0 Å². The number of phenols is 2. The molecule has 0 radical (unpaired) electrons. The molecule has 0 bridgehead atoms. The first-order valence-corrected chi connectivity index (χ1v) is 9.32. The van der Waals surface area contributed by atoms with E-state index in [0.29, 0.717) is 21.2 Å². The minimum atomic E-state index is 0.0459. The smallest absolute Gasteiger partial charge is 0.125 e. The van der Waals surface area contributed by atoms with E-state index in [2.05, 4.69) is 9.98 Å². The number of aromatic hydroxyl groups is 2. The van der Waals surface area contributed by atoms with E-state index >= 15 is 0 Å². The molecule has 1 aliphatic carbocycles. The summed E-state index contributed by atoms with van der Waals surface area (Å²) in [6.45, 7) is 0. The second kappa shape index (κ2) is 8.56. The van der Waals surface area contributed by atoms with Crippen molar-refractivity contribution < 1.29 is 10.2 Å². The number of halogens is 2. The Balaban J connectivity index is 1.75. The number of benzene rings is 2. The van der Waals surface area contributed by atoms with Gasteiger partial charge < -0.3 is 10.2 Å². The van der Waals surface area contributed by atoms with Crippen LogP contribution in [0.5, 0.6) is 11.5 Å². The van der Waals surface area contributed by atoms with Crippen LogP contribution in [0.4, 0.5) is 0 Å². The van der Waals surface area contributed by atoms with Crippen molar-refractivity contribution in [3.63, 3.8) is 0 Å². The van der Waals surface area contributed by atoms with Gasteiger partial charge in [-0.25, -0.2) is 0 Å². The first kappa shape index (κ1) is 18.7. The van der Waals surface area contributed by atoms with Gasteiger partial charge in [0.05, 0.1) is 12.1 Å². The SMILES string of the molecule is Oc1cc(Cl)ccc1C=N[C@@H]1CCCC[C@H]1N=Cc1ccc(Cl)cc1O. The highest BCUT2D eigenvalue weighted by Gasteiger charge is 2.23. The van der Waals surface area contributed by atoms with Crippen LogP contribution >= 0.6 is 23.2 Å². The summed E-state index contributed by atoms with van der Waals surface area (Å²) in [7, 11) is 0. The molecule has 0 aliphatic heterocycles. The lowest BCUT2D eigenvalue weighted by atomic mass is 9.91. The van der Waals surface area contributed by atoms with E-state index in [9.17, 15) is 10.2 Å². The molecule has 2 atom stereocenters. The number of aliphatic imine (C=N–C) groups is 2. The molecule has 0 saturated heterocycles. The Morgan fingerprint density at radius 1 is 0.769 bits per heavy atom. The molecule has 2 aromatic rings. The quantitative estimate of drug-likeness (QED) is 0.699. The summed E-state index contributed by atoms with van der Waals surface area (Å²) in [6, 6.07) is 10.0. The predicted octanol–water partition coefficient (Wildman–Crippen LogP) is 5.25. The third-order valence-electron chi connectivity index (χ3n) is 4.49. The molecule has 2 aromatic carbocycles. The van der Waals surface area contributed by atoms with Crippen LogP contribution in [0.15, 0.2) is 46.4 Å². The molecular weight excluding hydrogens is 371 g/mol. The lowest BCUT2D eigenvalue weighted by Gasteiger charge is -2.25. The van der Waals surface area contributed by atoms with Crippen LogP contribution in [0.1, 0.15) is 36.8 Å². The summed E-state index contributed by atoms with van der Waals surface area (Å²) in [5.74, 6) is 0.228. The van der Waals surface area contributed by atoms with Crippen LogP contribution in [0, 0.1) is 0 Å². The highest BCUT2D eigenvalue weighted by molar-refractivity contribution is 6.31. The zero-order chi connectivity index (χ0) is 18.5. The zero-order valence-corrected chi connectivity index (χ0v) is 15.7. The Bertz CT molecular complexity index is 767. The minimum absolute atomic E-state index is 0.0459. The van der Waals surface area contributed by atoms with Crippen LogP contribution in [0.25, 0.3) is 0 Å². The van der Waals surface area contributed by atoms with E-state index in [4.69, 9.17) is 23.2 Å². The molecule has 6 heteroatoms. The van der Waals surface area contributed by atoms with E-state index in [1.54, 1.807) is 36.7 Å². The molecule has 136 valence electrons. The number of rotatable bonds is 4. The Morgan fingerprint density at radius 3 is 1.58 bits per heavy atom. The van der Waals surface area contributed by atoms with Gasteiger partial charge >= 0.3 is 0 Å². The summed E-state index contributed by atoms with van der Waals surface area (Å²) in [4.78, 5) is 9.30. The predicted molar refractivity (Wildman–Crippen MR) is 107 cm³/mol. The summed E-state index contributed by atoms with van der Waals surface area (Å²) in [6.07, 6.45) is 7.46. The van der Waals surface area contributed by atoms with Crippen molar-refractivity contribution in [2.24, 2.45) is 9.98 Å². The van der Waals surface area contributed by atoms with Gasteiger partial charge in [0.25, 0.3) is 0 Å². The van der Waals surface area contributed by atoms with Crippen molar-refractivity contribution in [1.29, 1.82) is 0 Å². The Kier molecular flexibility index (Phi) is 6.17. The van der Waals surface area contributed by atoms with E-state index in [0.717, 1.165) is 25.7 Å². The maximum atomic E-state index is 9.95. The second-order valence-corrected chi connectivity index (χ2v) is 7.25. The molecule has 0 amide bonds. The maximum Gasteiger partial charge on any atom is 0.125 e. The minimum Gasteiger partial charge on any atom is -0.507 e. The Morgan fingerprint density at radius 2 is 1.19 bits per heavy atom. The first-order chi connectivity index (χ1) is 12.5. The van der Waals surface area contributed by atoms with Crippen LogP contribution in [-0.2, 0) is 0 Å². The molecule has 4 nitrogen and oxygen atoms in total. The van der Waals surface area contributed by atoms with Crippen molar-refractivity contribution in [1.82, 2.24) is 0 Å². The van der Waals surface area contributed by atoms with Gasteiger partial charge in [-0.15, -0.1) is 0 Å². The summed E-state index contributed by atoms with van der Waals surface area (Å²) < 4.78 is 0. The third kappa shape index (κ3) is 4.77. The lowest BCUT2D eigenvalue weighted by Crippen LogP contribution is -2.27. The van der Waals surface area contributed by atoms with Crippen molar-refractivity contribution in [2.45, 2.75) is 37.8 Å². The fraction of sp³-hybridized carbons (Fsp3) is 0.300. The fourth-order valence-electron chi connectivity index (χ4n) is 3.04. The number of phenolic OH excluding ortho intramolecular Hbond substituents is 2. The average Bonchev–Trinajstić information content (AvgIpc) is 2.61. The van der Waals surface area contributed by atoms with E-state index in [1.807, 2.05) is 0 Å². The maximum absolute atomic E-state index is 9.95. The third-order valence-corrected chi connectivity index (χ3v) is 4.96. The first-order valence-electron chi connectivity index (χ1n) is 8.56. The van der Waals surface area contributed by atoms with Gasteiger partial charge in [0.15, 0.2) is 0 Å². The molecule has 0 aromatic heterocycles. The van der Waals surface area contributed by atoms with Gasteiger partial charge in [-0.1, -0.05) is 36.0 Å². The molecule has 0 heterocycles. The summed E-state index contributed by atoms with van der Waals surface area (Å²) in [5, 5.41) is 20.9. The largest absolute Gasteiger partial charge is 0.507 e. The van der Waals surface area contributed by atoms with Gasteiger partial charge in [-0.3, -0.25) is 9.98 Å². The monoisotopic (exact) mass is 390 g/mol. The normalized spacial score (nSPS) is 20.8. The van der Waals surface area contributed by atoms with Crippen molar-refractivity contribution in [3.05, 3.63) is 57.6 Å². The molecule has 26 heavy (non-hydrogen) atoms. The average molecular weight is 391 g/mol. The lowest BCUT2D eigenvalue weighted by molar-refractivity contribution is 0.390. The molecule has 1 aliphatic rings. The van der Waals surface area contributed by atoms with Crippen LogP contribution in [0.3, 0.4) is 0 Å². The van der Waals surface area contributed by atoms with Crippen molar-refractivity contribution in [3.8, 4) is 11.5 Å². The highest BCUT2D eigenvalue weighted by Crippen LogP contribution is 2.26. The molecule has 3 rings (SSSR count). The van der Waals surface area contributed by atoms with E-state index < -0.39 is 0 Å². The Hall–Kier alpha value is -2.04. The molecule has 1 fully saturated rings. The highest BCUT2D eigenvalue weighted by atomic mass is 35.5. The molecule has 1 saturated carbocycles. The van der Waals surface area contributed by atoms with Crippen molar-refractivity contribution >= 4 is 35.6 Å². The fourth-order valence-corrected chi connectivity index (χ4v) is 3.38. The van der Waals surface area contributed by atoms with Gasteiger partial charge in [-0.2, -0.15) is 0 Å². The van der Waals surface area contributed by atoms with Crippen LogP contribution < -0.4 is 0 Å². The van der Waals surface area contributed by atoms with Gasteiger partial charge in [0.1, 0.15) is 11.5 Å². The van der Waals surface area contributed by atoms with E-state index in [1.165, 1.54) is 12.1 Å². The topological polar surface area (TPSA) is 65.2 Å². The van der Waals surface area contributed by atoms with Crippen molar-refractivity contribution in [2.75, 3.05) is 0 Å². The van der Waals surface area contributed by atoms with Crippen LogP contribution in [-0.4, -0.2) is 34.7 Å². The zero-order valence-electron chi connectivity index (χ0n) is 14.1. The standard InChI is InChI=1S/C20H20Cl2N2O2/c21-15-7-5-13(19(25)9-15)11-23-17-3-1-2-4-18(17)24-12-14-6-8-16(22)10-20(14)26/h5-12,17-18,25-26H,1-4H2/t17-,18-/m1/s1. The van der Waals surface area contributed by atoms with Gasteiger partial charge in [-0.05, 0) is 49.2 Å². The molecule has 0 spiro atoms. The summed E-state index contributed by atoms with van der Waals surface area (Å²) >= 11 is 11.7. The van der Waals surface area contributed by atoms with Crippen LogP contribution in [0.2, 0.25) is 10.0 Å². The Labute approximate surface area is 162 Å². The molecule has 0 unspecified atom stereocenters. The molecule has 2 N–H and O–H groups in total. The number of nitrogens with zero attached hydrogens (tertiary/aromatic N) is 2. The van der Waals surface area contributed by atoms with Gasteiger partial charge in [0, 0.05) is 33.6 Å².